The van der Waals surface area contributed by atoms with E-state index in [1.165, 1.54) is 0 Å². The molecule has 2 N–H and O–H groups in total. The zero-order valence-electron chi connectivity index (χ0n) is 13.4. The Morgan fingerprint density at radius 2 is 2.17 bits per heavy atom. The van der Waals surface area contributed by atoms with Crippen LogP contribution < -0.4 is 10.7 Å². The molecule has 2 rings (SSSR count). The van der Waals surface area contributed by atoms with Crippen LogP contribution in [-0.2, 0) is 4.79 Å². The first-order valence-corrected chi connectivity index (χ1v) is 7.79. The van der Waals surface area contributed by atoms with Crippen molar-refractivity contribution in [3.63, 3.8) is 0 Å². The van der Waals surface area contributed by atoms with Gasteiger partial charge in [0.15, 0.2) is 0 Å². The second-order valence-electron chi connectivity index (χ2n) is 5.51. The lowest BCUT2D eigenvalue weighted by Gasteiger charge is -2.21. The van der Waals surface area contributed by atoms with Gasteiger partial charge in [0, 0.05) is 6.04 Å². The number of fused-ring (bicyclic) bond motifs is 1. The van der Waals surface area contributed by atoms with Crippen molar-refractivity contribution in [2.45, 2.75) is 32.2 Å². The Hall–Kier alpha value is -2.67. The van der Waals surface area contributed by atoms with Gasteiger partial charge >= 0.3 is 0 Å². The number of benzene rings is 1. The molecule has 0 saturated carbocycles. The van der Waals surface area contributed by atoms with E-state index < -0.39 is 17.4 Å². The van der Waals surface area contributed by atoms with Gasteiger partial charge < -0.3 is 9.73 Å². The predicted octanol–water partition coefficient (Wildman–Crippen LogP) is 1.93. The van der Waals surface area contributed by atoms with Crippen LogP contribution >= 0.6 is 0 Å². The summed E-state index contributed by atoms with van der Waals surface area (Å²) in [6.07, 6.45) is 3.69. The van der Waals surface area contributed by atoms with E-state index in [9.17, 15) is 19.6 Å². The normalized spacial score (nSPS) is 11.9. The van der Waals surface area contributed by atoms with E-state index in [4.69, 9.17) is 4.42 Å². The second kappa shape index (κ2) is 8.26. The highest BCUT2D eigenvalue weighted by atomic mass is 16.5. The number of nitrogens with one attached hydrogen (secondary N) is 1. The molecular weight excluding hydrogens is 312 g/mol. The van der Waals surface area contributed by atoms with Crippen LogP contribution in [-0.4, -0.2) is 35.2 Å². The van der Waals surface area contributed by atoms with Crippen LogP contribution in [0.15, 0.2) is 39.7 Å². The number of carbonyl (C=O) groups is 2. The maximum absolute atomic E-state index is 12.4. The summed E-state index contributed by atoms with van der Waals surface area (Å²) in [6, 6.07) is 6.21. The molecule has 0 saturated heterocycles. The van der Waals surface area contributed by atoms with Gasteiger partial charge in [-0.15, -0.1) is 0 Å². The number of hydrogen-bond donors (Lipinski definition) is 2. The van der Waals surface area contributed by atoms with Gasteiger partial charge in [0.2, 0.25) is 11.8 Å². The van der Waals surface area contributed by atoms with Gasteiger partial charge in [0.1, 0.15) is 17.4 Å². The molecule has 0 bridgehead atoms. The quantitative estimate of drug-likeness (QED) is 0.437. The average Bonchev–Trinajstić information content (AvgIpc) is 2.59. The molecule has 1 atom stereocenters. The van der Waals surface area contributed by atoms with E-state index in [0.29, 0.717) is 22.5 Å². The highest BCUT2D eigenvalue weighted by Crippen LogP contribution is 2.11. The standard InChI is InChI=1S/C17H20N2O5/c1-2-3-6-12(9-19(23)11-20)18-17(22)14-10-24-15-8-5-4-7-13(15)16(14)21/h4-5,7-8,10-12,23H,2-3,6,9H2,1H3,(H,18,22)/t12-/m1/s1. The third kappa shape index (κ3) is 4.20. The van der Waals surface area contributed by atoms with E-state index in [1.807, 2.05) is 6.92 Å². The summed E-state index contributed by atoms with van der Waals surface area (Å²) >= 11 is 0. The van der Waals surface area contributed by atoms with E-state index in [0.717, 1.165) is 19.1 Å². The molecule has 7 nitrogen and oxygen atoms in total. The molecule has 128 valence electrons. The summed E-state index contributed by atoms with van der Waals surface area (Å²) in [5.41, 5.74) is -0.116. The van der Waals surface area contributed by atoms with E-state index in [-0.39, 0.29) is 18.5 Å². The molecule has 0 unspecified atom stereocenters. The summed E-state index contributed by atoms with van der Waals surface area (Å²) in [5.74, 6) is -0.588. The molecule has 0 aliphatic rings. The predicted molar refractivity (Wildman–Crippen MR) is 87.8 cm³/mol. The van der Waals surface area contributed by atoms with Gasteiger partial charge in [-0.3, -0.25) is 19.6 Å². The first kappa shape index (κ1) is 17.7. The molecule has 1 aromatic heterocycles. The van der Waals surface area contributed by atoms with Crippen molar-refractivity contribution in [1.29, 1.82) is 0 Å². The molecule has 7 heteroatoms. The molecule has 1 aromatic carbocycles. The van der Waals surface area contributed by atoms with Gasteiger partial charge in [-0.2, -0.15) is 0 Å². The Kier molecular flexibility index (Phi) is 6.08. The summed E-state index contributed by atoms with van der Waals surface area (Å²) < 4.78 is 5.33. The van der Waals surface area contributed by atoms with Crippen LogP contribution in [0.25, 0.3) is 11.0 Å². The summed E-state index contributed by atoms with van der Waals surface area (Å²) in [6.45, 7) is 1.95. The first-order chi connectivity index (χ1) is 11.6. The lowest BCUT2D eigenvalue weighted by Crippen LogP contribution is -2.43. The van der Waals surface area contributed by atoms with Gasteiger partial charge in [-0.25, -0.2) is 5.06 Å². The van der Waals surface area contributed by atoms with Crippen LogP contribution in [0.1, 0.15) is 36.5 Å². The minimum atomic E-state index is -0.588. The van der Waals surface area contributed by atoms with Crippen molar-refractivity contribution >= 4 is 23.3 Å². The first-order valence-electron chi connectivity index (χ1n) is 7.79. The average molecular weight is 332 g/mol. The molecule has 0 fully saturated rings. The number of para-hydroxylation sites is 1. The van der Waals surface area contributed by atoms with Crippen molar-refractivity contribution in [2.24, 2.45) is 0 Å². The van der Waals surface area contributed by atoms with Crippen LogP contribution in [0.4, 0.5) is 0 Å². The Balaban J connectivity index is 2.21. The smallest absolute Gasteiger partial charge is 0.258 e. The van der Waals surface area contributed by atoms with Crippen LogP contribution in [0, 0.1) is 0 Å². The minimum Gasteiger partial charge on any atom is -0.463 e. The van der Waals surface area contributed by atoms with Crippen molar-refractivity contribution < 1.29 is 19.2 Å². The molecule has 2 aromatic rings. The highest BCUT2D eigenvalue weighted by molar-refractivity contribution is 5.96. The maximum Gasteiger partial charge on any atom is 0.258 e. The van der Waals surface area contributed by atoms with Gasteiger partial charge in [-0.1, -0.05) is 31.9 Å². The van der Waals surface area contributed by atoms with Crippen LogP contribution in [0.2, 0.25) is 0 Å². The van der Waals surface area contributed by atoms with Gasteiger partial charge in [0.25, 0.3) is 5.91 Å². The van der Waals surface area contributed by atoms with Crippen LogP contribution in [0.5, 0.6) is 0 Å². The monoisotopic (exact) mass is 332 g/mol. The molecule has 1 heterocycles. The number of hydroxylamine groups is 2. The Bertz CT molecular complexity index is 771. The van der Waals surface area contributed by atoms with Crippen molar-refractivity contribution in [1.82, 2.24) is 10.4 Å². The molecule has 0 radical (unpaired) electrons. The Morgan fingerprint density at radius 3 is 2.88 bits per heavy atom. The topological polar surface area (TPSA) is 99.8 Å². The zero-order chi connectivity index (χ0) is 17.5. The molecule has 0 aliphatic carbocycles. The maximum atomic E-state index is 12.4. The summed E-state index contributed by atoms with van der Waals surface area (Å²) in [7, 11) is 0. The highest BCUT2D eigenvalue weighted by Gasteiger charge is 2.19. The minimum absolute atomic E-state index is 0.0475. The summed E-state index contributed by atoms with van der Waals surface area (Å²) in [5, 5.41) is 12.8. The van der Waals surface area contributed by atoms with E-state index in [2.05, 4.69) is 5.32 Å². The molecular formula is C17H20N2O5. The lowest BCUT2D eigenvalue weighted by atomic mass is 10.1. The number of amides is 2. The fourth-order valence-corrected chi connectivity index (χ4v) is 2.43. The fraction of sp³-hybridized carbons (Fsp3) is 0.353. The molecule has 24 heavy (non-hydrogen) atoms. The third-order valence-electron chi connectivity index (χ3n) is 3.70. The number of rotatable bonds is 8. The van der Waals surface area contributed by atoms with Gasteiger partial charge in [0.05, 0.1) is 11.9 Å². The number of hydrogen-bond acceptors (Lipinski definition) is 5. The van der Waals surface area contributed by atoms with E-state index >= 15 is 0 Å². The zero-order valence-corrected chi connectivity index (χ0v) is 13.4. The number of unbranched alkanes of at least 4 members (excludes halogenated alkanes) is 1. The molecule has 0 spiro atoms. The van der Waals surface area contributed by atoms with Crippen LogP contribution in [0.3, 0.4) is 0 Å². The van der Waals surface area contributed by atoms with E-state index in [1.54, 1.807) is 24.3 Å². The lowest BCUT2D eigenvalue weighted by molar-refractivity contribution is -0.151. The van der Waals surface area contributed by atoms with Crippen molar-refractivity contribution in [2.75, 3.05) is 6.54 Å². The SMILES string of the molecule is CCCC[C@H](CN(O)C=O)NC(=O)c1coc2ccccc2c1=O. The Labute approximate surface area is 138 Å². The van der Waals surface area contributed by atoms with Crippen molar-refractivity contribution in [3.8, 4) is 0 Å². The Morgan fingerprint density at radius 1 is 1.42 bits per heavy atom. The third-order valence-corrected chi connectivity index (χ3v) is 3.70. The van der Waals surface area contributed by atoms with Crippen molar-refractivity contribution in [3.05, 3.63) is 46.3 Å². The van der Waals surface area contributed by atoms with Gasteiger partial charge in [-0.05, 0) is 18.6 Å². The molecule has 0 aliphatic heterocycles. The number of carbonyl (C=O) groups excluding carboxylic acids is 2. The molecule has 2 amide bonds. The number of nitrogens with zero attached hydrogens (tertiary/aromatic N) is 1. The second-order valence-corrected chi connectivity index (χ2v) is 5.51. The fourth-order valence-electron chi connectivity index (χ4n) is 2.43. The largest absolute Gasteiger partial charge is 0.463 e. The summed E-state index contributed by atoms with van der Waals surface area (Å²) in [4.78, 5) is 35.4.